The maximum atomic E-state index is 5.38. The van der Waals surface area contributed by atoms with Gasteiger partial charge in [0.05, 0.1) is 6.61 Å². The Bertz CT molecular complexity index is 280. The lowest BCUT2D eigenvalue weighted by molar-refractivity contribution is 0.173. The van der Waals surface area contributed by atoms with Gasteiger partial charge in [0.1, 0.15) is 0 Å². The molecule has 1 aliphatic rings. The molecule has 1 fully saturated rings. The van der Waals surface area contributed by atoms with E-state index < -0.39 is 0 Å². The third-order valence-corrected chi connectivity index (χ3v) is 2.89. The molecule has 1 heterocycles. The molecule has 1 aromatic carbocycles. The molecule has 0 N–H and O–H groups in total. The topological polar surface area (TPSA) is 12.5 Å². The van der Waals surface area contributed by atoms with Crippen molar-refractivity contribution in [2.45, 2.75) is 13.0 Å². The molecular formula is C13H19NO. The first kappa shape index (κ1) is 10.7. The van der Waals surface area contributed by atoms with Gasteiger partial charge in [-0.2, -0.15) is 0 Å². The third kappa shape index (κ3) is 3.33. The smallest absolute Gasteiger partial charge is 0.0507 e. The fraction of sp³-hybridized carbons (Fsp3) is 0.538. The highest BCUT2D eigenvalue weighted by atomic mass is 16.5. The first-order valence-corrected chi connectivity index (χ1v) is 5.65. The number of ether oxygens (including phenoxy) is 1. The van der Waals surface area contributed by atoms with Crippen LogP contribution in [-0.4, -0.2) is 31.7 Å². The van der Waals surface area contributed by atoms with Crippen LogP contribution in [0.25, 0.3) is 0 Å². The first-order valence-electron chi connectivity index (χ1n) is 5.65. The van der Waals surface area contributed by atoms with Crippen molar-refractivity contribution in [2.24, 2.45) is 5.92 Å². The van der Waals surface area contributed by atoms with Crippen molar-refractivity contribution in [3.05, 3.63) is 35.9 Å². The Morgan fingerprint density at radius 3 is 2.80 bits per heavy atom. The summed E-state index contributed by atoms with van der Waals surface area (Å²) in [5.74, 6) is 0.735. The lowest BCUT2D eigenvalue weighted by Crippen LogP contribution is -2.25. The minimum atomic E-state index is 0.735. The van der Waals surface area contributed by atoms with Gasteiger partial charge in [-0.1, -0.05) is 30.3 Å². The van der Waals surface area contributed by atoms with Gasteiger partial charge in [-0.05, 0) is 24.9 Å². The molecule has 0 aromatic heterocycles. The molecule has 0 amide bonds. The van der Waals surface area contributed by atoms with E-state index in [2.05, 4.69) is 42.3 Å². The van der Waals surface area contributed by atoms with Gasteiger partial charge < -0.3 is 9.64 Å². The monoisotopic (exact) mass is 205 g/mol. The van der Waals surface area contributed by atoms with Gasteiger partial charge in [-0.15, -0.1) is 0 Å². The van der Waals surface area contributed by atoms with Gasteiger partial charge in [0.15, 0.2) is 0 Å². The molecule has 2 rings (SSSR count). The van der Waals surface area contributed by atoms with Crippen LogP contribution in [0, 0.1) is 5.92 Å². The van der Waals surface area contributed by atoms with E-state index in [1.54, 1.807) is 0 Å². The first-order chi connectivity index (χ1) is 7.34. The fourth-order valence-electron chi connectivity index (χ4n) is 2.13. The highest BCUT2D eigenvalue weighted by Crippen LogP contribution is 2.14. The van der Waals surface area contributed by atoms with Gasteiger partial charge in [-0.25, -0.2) is 0 Å². The van der Waals surface area contributed by atoms with Crippen molar-refractivity contribution in [1.82, 2.24) is 4.90 Å². The van der Waals surface area contributed by atoms with E-state index in [9.17, 15) is 0 Å². The van der Waals surface area contributed by atoms with Crippen molar-refractivity contribution in [3.63, 3.8) is 0 Å². The summed E-state index contributed by atoms with van der Waals surface area (Å²) in [7, 11) is 2.19. The molecular weight excluding hydrogens is 186 g/mol. The Kier molecular flexibility index (Phi) is 3.75. The molecule has 1 atom stereocenters. The second-order valence-corrected chi connectivity index (χ2v) is 4.41. The predicted octanol–water partition coefficient (Wildman–Crippen LogP) is 2.15. The minimum absolute atomic E-state index is 0.735. The molecule has 82 valence electrons. The zero-order valence-electron chi connectivity index (χ0n) is 9.36. The summed E-state index contributed by atoms with van der Waals surface area (Å²) >= 11 is 0. The highest BCUT2D eigenvalue weighted by Gasteiger charge is 2.17. The van der Waals surface area contributed by atoms with E-state index in [-0.39, 0.29) is 0 Å². The van der Waals surface area contributed by atoms with E-state index in [0.717, 1.165) is 32.2 Å². The number of nitrogens with zero attached hydrogens (tertiary/aromatic N) is 1. The molecule has 1 aromatic rings. The van der Waals surface area contributed by atoms with Gasteiger partial charge in [-0.3, -0.25) is 0 Å². The van der Waals surface area contributed by atoms with E-state index in [4.69, 9.17) is 4.74 Å². The molecule has 1 unspecified atom stereocenters. The number of benzene rings is 1. The summed E-state index contributed by atoms with van der Waals surface area (Å²) in [6.07, 6.45) is 1.22. The van der Waals surface area contributed by atoms with E-state index in [1.807, 2.05) is 0 Å². The maximum absolute atomic E-state index is 5.38. The van der Waals surface area contributed by atoms with Crippen LogP contribution in [0.3, 0.4) is 0 Å². The van der Waals surface area contributed by atoms with Crippen LogP contribution in [0.1, 0.15) is 12.0 Å². The maximum Gasteiger partial charge on any atom is 0.0507 e. The van der Waals surface area contributed by atoms with Gasteiger partial charge in [0.2, 0.25) is 0 Å². The average Bonchev–Trinajstić information content (AvgIpc) is 2.71. The summed E-state index contributed by atoms with van der Waals surface area (Å²) in [6, 6.07) is 10.6. The van der Waals surface area contributed by atoms with Crippen molar-refractivity contribution < 1.29 is 4.74 Å². The van der Waals surface area contributed by atoms with Crippen LogP contribution >= 0.6 is 0 Å². The third-order valence-electron chi connectivity index (χ3n) is 2.89. The normalized spacial score (nSPS) is 21.1. The number of hydrogen-bond acceptors (Lipinski definition) is 2. The second kappa shape index (κ2) is 5.29. The average molecular weight is 205 g/mol. The van der Waals surface area contributed by atoms with E-state index in [1.165, 1.54) is 12.0 Å². The van der Waals surface area contributed by atoms with Gasteiger partial charge in [0.25, 0.3) is 0 Å². The molecule has 1 saturated heterocycles. The van der Waals surface area contributed by atoms with Crippen LogP contribution in [0.4, 0.5) is 0 Å². The lowest BCUT2D eigenvalue weighted by atomic mass is 10.1. The molecule has 1 aliphatic heterocycles. The Hall–Kier alpha value is -0.860. The zero-order valence-corrected chi connectivity index (χ0v) is 9.36. The van der Waals surface area contributed by atoms with Crippen molar-refractivity contribution >= 4 is 0 Å². The standard InChI is InChI=1S/C13H19NO/c1-14(10-13-7-8-15-11-13)9-12-5-3-2-4-6-12/h2-6,13H,7-11H2,1H3. The van der Waals surface area contributed by atoms with Crippen molar-refractivity contribution in [2.75, 3.05) is 26.8 Å². The van der Waals surface area contributed by atoms with Crippen molar-refractivity contribution in [1.29, 1.82) is 0 Å². The highest BCUT2D eigenvalue weighted by molar-refractivity contribution is 5.14. The zero-order chi connectivity index (χ0) is 10.5. The minimum Gasteiger partial charge on any atom is -0.381 e. The lowest BCUT2D eigenvalue weighted by Gasteiger charge is -2.19. The Labute approximate surface area is 91.9 Å². The van der Waals surface area contributed by atoms with Crippen molar-refractivity contribution in [3.8, 4) is 0 Å². The number of rotatable bonds is 4. The molecule has 0 radical (unpaired) electrons. The molecule has 0 saturated carbocycles. The van der Waals surface area contributed by atoms with E-state index in [0.29, 0.717) is 0 Å². The molecule has 0 bridgehead atoms. The SMILES string of the molecule is CN(Cc1ccccc1)CC1CCOC1. The summed E-state index contributed by atoms with van der Waals surface area (Å²) in [6.45, 7) is 4.08. The van der Waals surface area contributed by atoms with E-state index >= 15 is 0 Å². The Morgan fingerprint density at radius 2 is 2.13 bits per heavy atom. The van der Waals surface area contributed by atoms with Gasteiger partial charge >= 0.3 is 0 Å². The van der Waals surface area contributed by atoms with Crippen LogP contribution in [0.15, 0.2) is 30.3 Å². The largest absolute Gasteiger partial charge is 0.381 e. The Balaban J connectivity index is 1.79. The fourth-order valence-corrected chi connectivity index (χ4v) is 2.13. The molecule has 0 aliphatic carbocycles. The summed E-state index contributed by atoms with van der Waals surface area (Å²) in [5, 5.41) is 0. The summed E-state index contributed by atoms with van der Waals surface area (Å²) in [4.78, 5) is 2.38. The van der Waals surface area contributed by atoms with Crippen LogP contribution in [0.2, 0.25) is 0 Å². The molecule has 2 heteroatoms. The molecule has 15 heavy (non-hydrogen) atoms. The van der Waals surface area contributed by atoms with Gasteiger partial charge in [0, 0.05) is 19.7 Å². The summed E-state index contributed by atoms with van der Waals surface area (Å²) in [5.41, 5.74) is 1.39. The van der Waals surface area contributed by atoms with Crippen LogP contribution in [-0.2, 0) is 11.3 Å². The molecule has 0 spiro atoms. The predicted molar refractivity (Wildman–Crippen MR) is 61.7 cm³/mol. The van der Waals surface area contributed by atoms with Crippen LogP contribution in [0.5, 0.6) is 0 Å². The van der Waals surface area contributed by atoms with Crippen LogP contribution < -0.4 is 0 Å². The second-order valence-electron chi connectivity index (χ2n) is 4.41. The quantitative estimate of drug-likeness (QED) is 0.747. The molecule has 2 nitrogen and oxygen atoms in total. The number of hydrogen-bond donors (Lipinski definition) is 0. The summed E-state index contributed by atoms with van der Waals surface area (Å²) < 4.78 is 5.38. The Morgan fingerprint density at radius 1 is 1.33 bits per heavy atom.